The van der Waals surface area contributed by atoms with Gasteiger partial charge in [-0.2, -0.15) is 0 Å². The smallest absolute Gasteiger partial charge is 0.0846 e. The zero-order valence-corrected chi connectivity index (χ0v) is 13.3. The first kappa shape index (κ1) is 14.4. The molecule has 5 heteroatoms. The van der Waals surface area contributed by atoms with Crippen LogP contribution in [0.5, 0.6) is 0 Å². The van der Waals surface area contributed by atoms with E-state index in [0.717, 1.165) is 28.0 Å². The second-order valence-corrected chi connectivity index (χ2v) is 6.69. The van der Waals surface area contributed by atoms with Gasteiger partial charge < -0.3 is 10.1 Å². The fraction of sp³-hybridized carbons (Fsp3) is 0.455. The van der Waals surface area contributed by atoms with E-state index in [1.165, 1.54) is 10.5 Å². The number of nitrogens with one attached hydrogen (secondary N) is 1. The van der Waals surface area contributed by atoms with Gasteiger partial charge >= 0.3 is 0 Å². The van der Waals surface area contributed by atoms with Gasteiger partial charge in [0.15, 0.2) is 0 Å². The van der Waals surface area contributed by atoms with Crippen LogP contribution in [-0.2, 0) is 4.74 Å². The molecule has 1 aromatic rings. The van der Waals surface area contributed by atoms with Crippen molar-refractivity contribution in [3.63, 3.8) is 0 Å². The fourth-order valence-corrected chi connectivity index (χ4v) is 3.30. The minimum Gasteiger partial charge on any atom is -0.383 e. The Morgan fingerprint density at radius 3 is 2.88 bits per heavy atom. The van der Waals surface area contributed by atoms with Crippen LogP contribution < -0.4 is 5.32 Å². The fourth-order valence-electron chi connectivity index (χ4n) is 1.19. The lowest BCUT2D eigenvalue weighted by Crippen LogP contribution is -2.20. The highest BCUT2D eigenvalue weighted by atomic mass is 79.9. The zero-order valence-electron chi connectivity index (χ0n) is 9.35. The van der Waals surface area contributed by atoms with E-state index in [0.29, 0.717) is 0 Å². The van der Waals surface area contributed by atoms with Crippen molar-refractivity contribution in [1.82, 2.24) is 5.32 Å². The molecule has 0 aromatic carbocycles. The molecule has 0 aliphatic carbocycles. The molecule has 0 atom stereocenters. The highest BCUT2D eigenvalue weighted by Gasteiger charge is 2.01. The summed E-state index contributed by atoms with van der Waals surface area (Å²) in [6, 6.07) is 2.12. The quantitative estimate of drug-likeness (QED) is 0.768. The first-order valence-corrected chi connectivity index (χ1v) is 7.35. The predicted octanol–water partition coefficient (Wildman–Crippen LogP) is 3.91. The van der Waals surface area contributed by atoms with Crippen molar-refractivity contribution in [3.05, 3.63) is 24.8 Å². The van der Waals surface area contributed by atoms with Crippen LogP contribution in [0.25, 0.3) is 6.08 Å². The molecule has 0 saturated heterocycles. The van der Waals surface area contributed by atoms with Crippen molar-refractivity contribution >= 4 is 49.3 Å². The SMILES string of the molecule is COCCNCC(C)=Cc1cc(Br)c(Br)s1. The van der Waals surface area contributed by atoms with E-state index >= 15 is 0 Å². The molecule has 0 bridgehead atoms. The highest BCUT2D eigenvalue weighted by Crippen LogP contribution is 2.33. The Morgan fingerprint density at radius 1 is 1.56 bits per heavy atom. The summed E-state index contributed by atoms with van der Waals surface area (Å²) in [5, 5.41) is 3.32. The van der Waals surface area contributed by atoms with Crippen molar-refractivity contribution in [3.8, 4) is 0 Å². The van der Waals surface area contributed by atoms with Crippen molar-refractivity contribution in [1.29, 1.82) is 0 Å². The van der Waals surface area contributed by atoms with Crippen LogP contribution in [0.1, 0.15) is 11.8 Å². The van der Waals surface area contributed by atoms with Gasteiger partial charge in [-0.3, -0.25) is 0 Å². The van der Waals surface area contributed by atoms with Crippen LogP contribution >= 0.6 is 43.2 Å². The summed E-state index contributed by atoms with van der Waals surface area (Å²) in [6.07, 6.45) is 2.19. The van der Waals surface area contributed by atoms with E-state index in [2.05, 4.69) is 56.2 Å². The maximum Gasteiger partial charge on any atom is 0.0846 e. The first-order chi connectivity index (χ1) is 7.63. The van der Waals surface area contributed by atoms with Crippen LogP contribution in [0.4, 0.5) is 0 Å². The number of thiophene rings is 1. The van der Waals surface area contributed by atoms with E-state index in [-0.39, 0.29) is 0 Å². The molecule has 1 aromatic heterocycles. The van der Waals surface area contributed by atoms with Gasteiger partial charge in [0.2, 0.25) is 0 Å². The monoisotopic (exact) mass is 367 g/mol. The van der Waals surface area contributed by atoms with Crippen LogP contribution in [0.3, 0.4) is 0 Å². The van der Waals surface area contributed by atoms with Crippen LogP contribution in [0.15, 0.2) is 19.9 Å². The van der Waals surface area contributed by atoms with Gasteiger partial charge in [-0.15, -0.1) is 11.3 Å². The van der Waals surface area contributed by atoms with E-state index in [1.807, 2.05) is 0 Å². The predicted molar refractivity (Wildman–Crippen MR) is 78.1 cm³/mol. The third kappa shape index (κ3) is 5.10. The average Bonchev–Trinajstić information content (AvgIpc) is 2.53. The Labute approximate surface area is 117 Å². The van der Waals surface area contributed by atoms with Gasteiger partial charge in [-0.25, -0.2) is 0 Å². The summed E-state index contributed by atoms with van der Waals surface area (Å²) < 4.78 is 7.22. The standard InChI is InChI=1S/C11H15Br2NOS/c1-8(7-14-3-4-15-2)5-9-6-10(12)11(13)16-9/h5-6,14H,3-4,7H2,1-2H3. The first-order valence-electron chi connectivity index (χ1n) is 4.95. The molecule has 0 unspecified atom stereocenters. The van der Waals surface area contributed by atoms with Crippen molar-refractivity contribution in [2.24, 2.45) is 0 Å². The molecule has 1 N–H and O–H groups in total. The lowest BCUT2D eigenvalue weighted by atomic mass is 10.2. The Hall–Kier alpha value is 0.320. The maximum absolute atomic E-state index is 4.97. The number of hydrogen-bond donors (Lipinski definition) is 1. The second kappa shape index (κ2) is 7.61. The summed E-state index contributed by atoms with van der Waals surface area (Å²) in [6.45, 7) is 4.67. The van der Waals surface area contributed by atoms with E-state index in [9.17, 15) is 0 Å². The van der Waals surface area contributed by atoms with E-state index in [4.69, 9.17) is 4.74 Å². The number of methoxy groups -OCH3 is 1. The number of ether oxygens (including phenoxy) is 1. The molecule has 90 valence electrons. The second-order valence-electron chi connectivity index (χ2n) is 3.43. The van der Waals surface area contributed by atoms with Gasteiger partial charge in [0.05, 0.1) is 10.4 Å². The molecule has 0 aliphatic rings. The average molecular weight is 369 g/mol. The summed E-state index contributed by atoms with van der Waals surface area (Å²) in [5.41, 5.74) is 1.32. The third-order valence-corrected chi connectivity index (χ3v) is 5.14. The molecular formula is C11H15Br2NOS. The molecule has 1 rings (SSSR count). The van der Waals surface area contributed by atoms with Crippen molar-refractivity contribution in [2.75, 3.05) is 26.8 Å². The lowest BCUT2D eigenvalue weighted by Gasteiger charge is -2.03. The molecule has 16 heavy (non-hydrogen) atoms. The Balaban J connectivity index is 2.43. The molecular weight excluding hydrogens is 354 g/mol. The molecule has 0 saturated carbocycles. The molecule has 0 amide bonds. The normalized spacial score (nSPS) is 12.1. The molecule has 0 spiro atoms. The van der Waals surface area contributed by atoms with Crippen molar-refractivity contribution in [2.45, 2.75) is 6.92 Å². The largest absolute Gasteiger partial charge is 0.383 e. The molecule has 1 heterocycles. The minimum atomic E-state index is 0.753. The summed E-state index contributed by atoms with van der Waals surface area (Å²) in [7, 11) is 1.71. The van der Waals surface area contributed by atoms with Gasteiger partial charge in [0, 0.05) is 29.5 Å². The van der Waals surface area contributed by atoms with Crippen LogP contribution in [-0.4, -0.2) is 26.8 Å². The number of hydrogen-bond acceptors (Lipinski definition) is 3. The van der Waals surface area contributed by atoms with Crippen molar-refractivity contribution < 1.29 is 4.74 Å². The highest BCUT2D eigenvalue weighted by molar-refractivity contribution is 9.13. The third-order valence-electron chi connectivity index (χ3n) is 1.94. The van der Waals surface area contributed by atoms with E-state index < -0.39 is 0 Å². The Bertz CT molecular complexity index is 343. The lowest BCUT2D eigenvalue weighted by molar-refractivity contribution is 0.200. The molecule has 0 radical (unpaired) electrons. The summed E-state index contributed by atoms with van der Waals surface area (Å²) >= 11 is 8.70. The zero-order chi connectivity index (χ0) is 12.0. The molecule has 0 fully saturated rings. The number of rotatable bonds is 6. The van der Waals surface area contributed by atoms with Gasteiger partial charge in [0.25, 0.3) is 0 Å². The molecule has 2 nitrogen and oxygen atoms in total. The number of halogens is 2. The Kier molecular flexibility index (Phi) is 6.84. The topological polar surface area (TPSA) is 21.3 Å². The van der Waals surface area contributed by atoms with E-state index in [1.54, 1.807) is 18.4 Å². The van der Waals surface area contributed by atoms with Gasteiger partial charge in [-0.05, 0) is 50.9 Å². The van der Waals surface area contributed by atoms with Gasteiger partial charge in [-0.1, -0.05) is 5.57 Å². The maximum atomic E-state index is 4.97. The van der Waals surface area contributed by atoms with Crippen LogP contribution in [0, 0.1) is 0 Å². The van der Waals surface area contributed by atoms with Gasteiger partial charge in [0.1, 0.15) is 0 Å². The van der Waals surface area contributed by atoms with Crippen LogP contribution in [0.2, 0.25) is 0 Å². The molecule has 0 aliphatic heterocycles. The Morgan fingerprint density at radius 2 is 2.31 bits per heavy atom. The summed E-state index contributed by atoms with van der Waals surface area (Å²) in [4.78, 5) is 1.25. The minimum absolute atomic E-state index is 0.753. The summed E-state index contributed by atoms with van der Waals surface area (Å²) in [5.74, 6) is 0.